The number of hydrogen-bond donors (Lipinski definition) is 1. The van der Waals surface area contributed by atoms with Gasteiger partial charge in [-0.1, -0.05) is 54.6 Å². The molecule has 1 saturated carbocycles. The van der Waals surface area contributed by atoms with E-state index < -0.39 is 0 Å². The predicted molar refractivity (Wildman–Crippen MR) is 82.4 cm³/mol. The van der Waals surface area contributed by atoms with E-state index >= 15 is 0 Å². The first kappa shape index (κ1) is 13.3. The van der Waals surface area contributed by atoms with Gasteiger partial charge in [-0.25, -0.2) is 0 Å². The Kier molecular flexibility index (Phi) is 3.60. The quantitative estimate of drug-likeness (QED) is 0.911. The van der Waals surface area contributed by atoms with Crippen LogP contribution in [0.4, 0.5) is 0 Å². The van der Waals surface area contributed by atoms with Gasteiger partial charge in [0.1, 0.15) is 0 Å². The second kappa shape index (κ2) is 5.39. The topological polar surface area (TPSA) is 35.2 Å². The Morgan fingerprint density at radius 1 is 0.950 bits per heavy atom. The lowest BCUT2D eigenvalue weighted by atomic mass is 9.72. The van der Waals surface area contributed by atoms with Gasteiger partial charge in [0.05, 0.1) is 11.6 Å². The largest absolute Gasteiger partial charge is 0.376 e. The monoisotopic (exact) mass is 267 g/mol. The van der Waals surface area contributed by atoms with Gasteiger partial charge in [-0.3, -0.25) is 0 Å². The van der Waals surface area contributed by atoms with E-state index in [9.17, 15) is 0 Å². The van der Waals surface area contributed by atoms with E-state index in [2.05, 4.69) is 48.5 Å². The van der Waals surface area contributed by atoms with Crippen LogP contribution in [0.15, 0.2) is 54.6 Å². The Balaban J connectivity index is 1.83. The highest BCUT2D eigenvalue weighted by Gasteiger charge is 2.43. The van der Waals surface area contributed by atoms with Crippen LogP contribution in [-0.4, -0.2) is 12.7 Å². The molecule has 0 amide bonds. The molecule has 0 aromatic heterocycles. The molecule has 0 bridgehead atoms. The molecule has 1 aliphatic carbocycles. The fourth-order valence-corrected chi connectivity index (χ4v) is 2.98. The van der Waals surface area contributed by atoms with E-state index in [1.54, 1.807) is 7.11 Å². The maximum Gasteiger partial charge on any atom is 0.0870 e. The molecule has 2 heteroatoms. The molecule has 1 unspecified atom stereocenters. The van der Waals surface area contributed by atoms with Crippen LogP contribution in [0, 0.1) is 0 Å². The standard InChI is InChI=1S/C18H21NO/c1-20-18(12-5-13-18)17(19)16-10-8-15(9-11-16)14-6-3-2-4-7-14/h2-4,6-11,17H,5,12-13,19H2,1H3. The molecule has 0 heterocycles. The SMILES string of the molecule is COC1(C(N)c2ccc(-c3ccccc3)cc2)CCC1. The van der Waals surface area contributed by atoms with Gasteiger partial charge < -0.3 is 10.5 Å². The molecule has 3 rings (SSSR count). The molecule has 0 saturated heterocycles. The highest BCUT2D eigenvalue weighted by atomic mass is 16.5. The molecule has 2 aromatic carbocycles. The number of benzene rings is 2. The van der Waals surface area contributed by atoms with Crippen LogP contribution in [0.2, 0.25) is 0 Å². The van der Waals surface area contributed by atoms with Gasteiger partial charge in [-0.15, -0.1) is 0 Å². The molecule has 2 aromatic rings. The van der Waals surface area contributed by atoms with E-state index in [4.69, 9.17) is 10.5 Å². The lowest BCUT2D eigenvalue weighted by Gasteiger charge is -2.45. The average Bonchev–Trinajstić information content (AvgIpc) is 2.48. The van der Waals surface area contributed by atoms with Crippen molar-refractivity contribution >= 4 is 0 Å². The highest BCUT2D eigenvalue weighted by molar-refractivity contribution is 5.63. The second-order valence-electron chi connectivity index (χ2n) is 5.59. The predicted octanol–water partition coefficient (Wildman–Crippen LogP) is 3.92. The summed E-state index contributed by atoms with van der Waals surface area (Å²) < 4.78 is 5.68. The van der Waals surface area contributed by atoms with E-state index in [0.717, 1.165) is 18.4 Å². The lowest BCUT2D eigenvalue weighted by Crippen LogP contribution is -2.48. The third-order valence-electron chi connectivity index (χ3n) is 4.55. The molecule has 2 N–H and O–H groups in total. The Labute approximate surface area is 120 Å². The molecule has 0 radical (unpaired) electrons. The average molecular weight is 267 g/mol. The summed E-state index contributed by atoms with van der Waals surface area (Å²) in [6.45, 7) is 0. The van der Waals surface area contributed by atoms with Crippen molar-refractivity contribution in [3.05, 3.63) is 60.2 Å². The minimum absolute atomic E-state index is 0.0360. The number of rotatable bonds is 4. The minimum atomic E-state index is -0.145. The second-order valence-corrected chi connectivity index (χ2v) is 5.59. The molecule has 1 fully saturated rings. The maximum absolute atomic E-state index is 6.41. The summed E-state index contributed by atoms with van der Waals surface area (Å²) in [4.78, 5) is 0. The molecular formula is C18H21NO. The first-order valence-corrected chi connectivity index (χ1v) is 7.21. The number of ether oxygens (including phenoxy) is 1. The summed E-state index contributed by atoms with van der Waals surface area (Å²) in [5.41, 5.74) is 9.88. The van der Waals surface area contributed by atoms with Crippen molar-refractivity contribution in [3.63, 3.8) is 0 Å². The number of hydrogen-bond acceptors (Lipinski definition) is 2. The van der Waals surface area contributed by atoms with Crippen LogP contribution in [0.1, 0.15) is 30.9 Å². The molecule has 2 nitrogen and oxygen atoms in total. The fourth-order valence-electron chi connectivity index (χ4n) is 2.98. The van der Waals surface area contributed by atoms with Crippen LogP contribution < -0.4 is 5.73 Å². The maximum atomic E-state index is 6.41. The van der Waals surface area contributed by atoms with Crippen LogP contribution in [0.25, 0.3) is 11.1 Å². The normalized spacial score (nSPS) is 18.3. The van der Waals surface area contributed by atoms with E-state index in [0.29, 0.717) is 0 Å². The van der Waals surface area contributed by atoms with Crippen molar-refractivity contribution in [2.24, 2.45) is 5.73 Å². The van der Waals surface area contributed by atoms with Crippen molar-refractivity contribution in [1.29, 1.82) is 0 Å². The zero-order valence-electron chi connectivity index (χ0n) is 11.9. The molecule has 0 aliphatic heterocycles. The third-order valence-corrected chi connectivity index (χ3v) is 4.55. The highest BCUT2D eigenvalue weighted by Crippen LogP contribution is 2.43. The molecular weight excluding hydrogens is 246 g/mol. The van der Waals surface area contributed by atoms with Crippen molar-refractivity contribution < 1.29 is 4.74 Å². The van der Waals surface area contributed by atoms with Crippen LogP contribution in [0.3, 0.4) is 0 Å². The Morgan fingerprint density at radius 2 is 1.55 bits per heavy atom. The van der Waals surface area contributed by atoms with E-state index in [1.165, 1.54) is 17.5 Å². The van der Waals surface area contributed by atoms with Crippen molar-refractivity contribution in [2.75, 3.05) is 7.11 Å². The van der Waals surface area contributed by atoms with Crippen molar-refractivity contribution in [3.8, 4) is 11.1 Å². The Hall–Kier alpha value is -1.64. The van der Waals surface area contributed by atoms with Crippen LogP contribution in [-0.2, 0) is 4.74 Å². The van der Waals surface area contributed by atoms with Gasteiger partial charge >= 0.3 is 0 Å². The molecule has 20 heavy (non-hydrogen) atoms. The number of methoxy groups -OCH3 is 1. The van der Waals surface area contributed by atoms with E-state index in [1.807, 2.05) is 6.07 Å². The van der Waals surface area contributed by atoms with E-state index in [-0.39, 0.29) is 11.6 Å². The van der Waals surface area contributed by atoms with Gasteiger partial charge in [0.25, 0.3) is 0 Å². The fraction of sp³-hybridized carbons (Fsp3) is 0.333. The van der Waals surface area contributed by atoms with Gasteiger partial charge in [0, 0.05) is 7.11 Å². The summed E-state index contributed by atoms with van der Waals surface area (Å²) in [6, 6.07) is 18.9. The zero-order chi connectivity index (χ0) is 14.0. The summed E-state index contributed by atoms with van der Waals surface area (Å²) in [7, 11) is 1.78. The van der Waals surface area contributed by atoms with Crippen molar-refractivity contribution in [2.45, 2.75) is 30.9 Å². The Bertz CT molecular complexity index is 552. The van der Waals surface area contributed by atoms with Crippen LogP contribution in [0.5, 0.6) is 0 Å². The zero-order valence-corrected chi connectivity index (χ0v) is 11.9. The summed E-state index contributed by atoms with van der Waals surface area (Å²) in [5.74, 6) is 0. The molecule has 0 spiro atoms. The number of nitrogens with two attached hydrogens (primary N) is 1. The van der Waals surface area contributed by atoms with Gasteiger partial charge in [-0.05, 0) is 36.0 Å². The first-order valence-electron chi connectivity index (χ1n) is 7.21. The summed E-state index contributed by atoms with van der Waals surface area (Å²) in [5, 5.41) is 0. The molecule has 1 atom stereocenters. The van der Waals surface area contributed by atoms with Gasteiger partial charge in [0.2, 0.25) is 0 Å². The van der Waals surface area contributed by atoms with Gasteiger partial charge in [-0.2, -0.15) is 0 Å². The molecule has 1 aliphatic rings. The smallest absolute Gasteiger partial charge is 0.0870 e. The lowest BCUT2D eigenvalue weighted by molar-refractivity contribution is -0.0911. The van der Waals surface area contributed by atoms with Gasteiger partial charge in [0.15, 0.2) is 0 Å². The first-order chi connectivity index (χ1) is 9.75. The summed E-state index contributed by atoms with van der Waals surface area (Å²) in [6.07, 6.45) is 3.33. The third kappa shape index (κ3) is 2.26. The Morgan fingerprint density at radius 3 is 2.05 bits per heavy atom. The molecule has 104 valence electrons. The van der Waals surface area contributed by atoms with Crippen LogP contribution >= 0.6 is 0 Å². The minimum Gasteiger partial charge on any atom is -0.376 e. The van der Waals surface area contributed by atoms with Crippen molar-refractivity contribution in [1.82, 2.24) is 0 Å². The summed E-state index contributed by atoms with van der Waals surface area (Å²) >= 11 is 0.